The Morgan fingerprint density at radius 3 is 2.60 bits per heavy atom. The van der Waals surface area contributed by atoms with E-state index in [2.05, 4.69) is 35.1 Å². The number of halogens is 1. The molecule has 1 unspecified atom stereocenters. The number of nitrogens with one attached hydrogen (secondary N) is 1. The quantitative estimate of drug-likeness (QED) is 0.798. The number of carbonyl (C=O) groups excluding carboxylic acids is 1. The van der Waals surface area contributed by atoms with Crippen LogP contribution in [0, 0.1) is 5.92 Å². The Bertz CT molecular complexity index is 437. The second-order valence-corrected chi connectivity index (χ2v) is 6.24. The number of hydrogen-bond donors (Lipinski definition) is 2. The number of amides is 1. The summed E-state index contributed by atoms with van der Waals surface area (Å²) in [5, 5.41) is 2.92. The predicted molar refractivity (Wildman–Crippen MR) is 86.4 cm³/mol. The van der Waals surface area contributed by atoms with Crippen molar-refractivity contribution in [2.75, 3.05) is 26.7 Å². The Labute approximate surface area is 129 Å². The lowest BCUT2D eigenvalue weighted by Gasteiger charge is -2.27. The number of rotatable bonds is 7. The van der Waals surface area contributed by atoms with Crippen LogP contribution in [0.1, 0.15) is 25.5 Å². The van der Waals surface area contributed by atoms with Crippen molar-refractivity contribution in [1.29, 1.82) is 0 Å². The van der Waals surface area contributed by atoms with Gasteiger partial charge in [-0.3, -0.25) is 9.69 Å². The second kappa shape index (κ2) is 8.39. The van der Waals surface area contributed by atoms with Gasteiger partial charge in [-0.15, -0.1) is 0 Å². The zero-order valence-corrected chi connectivity index (χ0v) is 14.0. The molecule has 1 aromatic rings. The highest BCUT2D eigenvalue weighted by molar-refractivity contribution is 9.10. The Balaban J connectivity index is 2.66. The van der Waals surface area contributed by atoms with Gasteiger partial charge < -0.3 is 11.1 Å². The van der Waals surface area contributed by atoms with Crippen molar-refractivity contribution in [3.05, 3.63) is 34.3 Å². The van der Waals surface area contributed by atoms with Gasteiger partial charge >= 0.3 is 0 Å². The monoisotopic (exact) mass is 341 g/mol. The molecule has 20 heavy (non-hydrogen) atoms. The highest BCUT2D eigenvalue weighted by atomic mass is 79.9. The van der Waals surface area contributed by atoms with E-state index in [1.54, 1.807) is 0 Å². The summed E-state index contributed by atoms with van der Waals surface area (Å²) in [5.41, 5.74) is 6.98. The maximum Gasteiger partial charge on any atom is 0.234 e. The van der Waals surface area contributed by atoms with E-state index in [4.69, 9.17) is 5.73 Å². The van der Waals surface area contributed by atoms with Gasteiger partial charge in [0, 0.05) is 23.6 Å². The number of benzene rings is 1. The average molecular weight is 342 g/mol. The zero-order valence-electron chi connectivity index (χ0n) is 12.4. The van der Waals surface area contributed by atoms with Gasteiger partial charge in [-0.05, 0) is 24.6 Å². The summed E-state index contributed by atoms with van der Waals surface area (Å²) in [6.45, 7) is 5.67. The molecule has 1 amide bonds. The fraction of sp³-hybridized carbons (Fsp3) is 0.533. The maximum atomic E-state index is 11.9. The standard InChI is InChI=1S/C15H24BrN3O/c1-11(2)9-18-15(20)10-19(3)14(8-17)12-6-4-5-7-13(12)16/h4-7,11,14H,8-10,17H2,1-3H3,(H,18,20). The fourth-order valence-corrected chi connectivity index (χ4v) is 2.55. The van der Waals surface area contributed by atoms with E-state index >= 15 is 0 Å². The summed E-state index contributed by atoms with van der Waals surface area (Å²) in [4.78, 5) is 13.9. The molecule has 0 aliphatic carbocycles. The van der Waals surface area contributed by atoms with Gasteiger partial charge in [-0.1, -0.05) is 48.0 Å². The normalized spacial score (nSPS) is 12.8. The SMILES string of the molecule is CC(C)CNC(=O)CN(C)C(CN)c1ccccc1Br. The minimum atomic E-state index is 0.0235. The van der Waals surface area contributed by atoms with Crippen LogP contribution in [0.15, 0.2) is 28.7 Å². The lowest BCUT2D eigenvalue weighted by atomic mass is 10.1. The van der Waals surface area contributed by atoms with Crippen LogP contribution in [0.2, 0.25) is 0 Å². The average Bonchev–Trinajstić information content (AvgIpc) is 2.39. The topological polar surface area (TPSA) is 58.4 Å². The summed E-state index contributed by atoms with van der Waals surface area (Å²) in [6.07, 6.45) is 0. The first-order valence-corrected chi connectivity index (χ1v) is 7.66. The van der Waals surface area contributed by atoms with Crippen LogP contribution in [0.4, 0.5) is 0 Å². The van der Waals surface area contributed by atoms with E-state index in [1.165, 1.54) is 0 Å². The first kappa shape index (κ1) is 17.1. The third kappa shape index (κ3) is 5.23. The molecule has 1 aromatic carbocycles. The Hall–Kier alpha value is -0.910. The molecule has 1 atom stereocenters. The Kier molecular flexibility index (Phi) is 7.19. The third-order valence-electron chi connectivity index (χ3n) is 3.12. The van der Waals surface area contributed by atoms with E-state index in [0.717, 1.165) is 10.0 Å². The molecule has 0 aliphatic rings. The summed E-state index contributed by atoms with van der Waals surface area (Å²) in [6, 6.07) is 8.00. The van der Waals surface area contributed by atoms with Gasteiger partial charge in [0.25, 0.3) is 0 Å². The molecular weight excluding hydrogens is 318 g/mol. The number of nitrogens with zero attached hydrogens (tertiary/aromatic N) is 1. The van der Waals surface area contributed by atoms with E-state index in [0.29, 0.717) is 25.6 Å². The van der Waals surface area contributed by atoms with Crippen molar-refractivity contribution >= 4 is 21.8 Å². The predicted octanol–water partition coefficient (Wildman–Crippen LogP) is 2.15. The largest absolute Gasteiger partial charge is 0.355 e. The molecule has 1 rings (SSSR count). The van der Waals surface area contributed by atoms with Crippen molar-refractivity contribution < 1.29 is 4.79 Å². The van der Waals surface area contributed by atoms with E-state index in [-0.39, 0.29) is 11.9 Å². The van der Waals surface area contributed by atoms with Gasteiger partial charge in [0.05, 0.1) is 6.54 Å². The molecule has 0 fully saturated rings. The van der Waals surface area contributed by atoms with E-state index in [9.17, 15) is 4.79 Å². The molecule has 0 bridgehead atoms. The van der Waals surface area contributed by atoms with Crippen LogP contribution in [-0.4, -0.2) is 37.5 Å². The lowest BCUT2D eigenvalue weighted by Crippen LogP contribution is -2.40. The van der Waals surface area contributed by atoms with Gasteiger partial charge in [-0.2, -0.15) is 0 Å². The molecule has 0 saturated carbocycles. The number of likely N-dealkylation sites (N-methyl/N-ethyl adjacent to an activating group) is 1. The first-order chi connectivity index (χ1) is 9.45. The highest BCUT2D eigenvalue weighted by Gasteiger charge is 2.19. The first-order valence-electron chi connectivity index (χ1n) is 6.87. The number of carbonyl (C=O) groups is 1. The van der Waals surface area contributed by atoms with E-state index in [1.807, 2.05) is 36.2 Å². The molecule has 0 spiro atoms. The van der Waals surface area contributed by atoms with Gasteiger partial charge in [-0.25, -0.2) is 0 Å². The summed E-state index contributed by atoms with van der Waals surface area (Å²) in [7, 11) is 1.92. The zero-order chi connectivity index (χ0) is 15.1. The smallest absolute Gasteiger partial charge is 0.234 e. The maximum absolute atomic E-state index is 11.9. The summed E-state index contributed by atoms with van der Waals surface area (Å²) >= 11 is 3.54. The molecule has 3 N–H and O–H groups in total. The molecule has 0 heterocycles. The van der Waals surface area contributed by atoms with Crippen LogP contribution in [0.3, 0.4) is 0 Å². The van der Waals surface area contributed by atoms with Crippen LogP contribution in [-0.2, 0) is 4.79 Å². The van der Waals surface area contributed by atoms with Gasteiger partial charge in [0.2, 0.25) is 5.91 Å². The minimum Gasteiger partial charge on any atom is -0.355 e. The third-order valence-corrected chi connectivity index (χ3v) is 3.84. The Morgan fingerprint density at radius 1 is 1.40 bits per heavy atom. The van der Waals surface area contributed by atoms with Gasteiger partial charge in [0.15, 0.2) is 0 Å². The van der Waals surface area contributed by atoms with Crippen molar-refractivity contribution in [3.63, 3.8) is 0 Å². The van der Waals surface area contributed by atoms with Crippen molar-refractivity contribution in [2.45, 2.75) is 19.9 Å². The number of nitrogens with two attached hydrogens (primary N) is 1. The lowest BCUT2D eigenvalue weighted by molar-refractivity contribution is -0.122. The molecule has 5 heteroatoms. The Morgan fingerprint density at radius 2 is 2.05 bits per heavy atom. The molecule has 0 aliphatic heterocycles. The molecule has 112 valence electrons. The fourth-order valence-electron chi connectivity index (χ4n) is 2.00. The van der Waals surface area contributed by atoms with Gasteiger partial charge in [0.1, 0.15) is 0 Å². The summed E-state index contributed by atoms with van der Waals surface area (Å²) in [5.74, 6) is 0.490. The molecule has 0 radical (unpaired) electrons. The van der Waals surface area contributed by atoms with Crippen LogP contribution in [0.5, 0.6) is 0 Å². The van der Waals surface area contributed by atoms with Crippen molar-refractivity contribution in [1.82, 2.24) is 10.2 Å². The van der Waals surface area contributed by atoms with Crippen LogP contribution >= 0.6 is 15.9 Å². The van der Waals surface area contributed by atoms with Crippen molar-refractivity contribution in [3.8, 4) is 0 Å². The molecule has 4 nitrogen and oxygen atoms in total. The summed E-state index contributed by atoms with van der Waals surface area (Å²) < 4.78 is 1.02. The highest BCUT2D eigenvalue weighted by Crippen LogP contribution is 2.26. The minimum absolute atomic E-state index is 0.0235. The molecular formula is C15H24BrN3O. The van der Waals surface area contributed by atoms with Crippen LogP contribution < -0.4 is 11.1 Å². The van der Waals surface area contributed by atoms with Crippen molar-refractivity contribution in [2.24, 2.45) is 11.7 Å². The van der Waals surface area contributed by atoms with E-state index < -0.39 is 0 Å². The molecule has 0 saturated heterocycles. The molecule has 0 aromatic heterocycles. The van der Waals surface area contributed by atoms with Crippen LogP contribution in [0.25, 0.3) is 0 Å². The number of hydrogen-bond acceptors (Lipinski definition) is 3. The second-order valence-electron chi connectivity index (χ2n) is 5.39.